The number of hydrogen-bond acceptors (Lipinski definition) is 4. The minimum atomic E-state index is -4.44. The van der Waals surface area contributed by atoms with Crippen molar-refractivity contribution in [2.45, 2.75) is 25.2 Å². The maximum atomic E-state index is 13.3. The van der Waals surface area contributed by atoms with E-state index in [-0.39, 0.29) is 12.5 Å². The number of hydrogen-bond donors (Lipinski definition) is 3. The largest absolute Gasteiger partial charge is 0.497 e. The van der Waals surface area contributed by atoms with Crippen LogP contribution in [0.25, 0.3) is 17.0 Å². The summed E-state index contributed by atoms with van der Waals surface area (Å²) in [6.07, 6.45) is -1.53. The van der Waals surface area contributed by atoms with E-state index in [1.165, 1.54) is 12.1 Å². The number of nitrogens with zero attached hydrogens (tertiary/aromatic N) is 1. The topological polar surface area (TPSA) is 75.5 Å². The molecule has 3 N–H and O–H groups in total. The van der Waals surface area contributed by atoms with Gasteiger partial charge >= 0.3 is 6.18 Å². The highest BCUT2D eigenvalue weighted by molar-refractivity contribution is 6.03. The molecule has 1 atom stereocenters. The van der Waals surface area contributed by atoms with E-state index < -0.39 is 17.8 Å². The molecular formula is C29H26F3N3O3. The fraction of sp³-hybridized carbons (Fsp3) is 0.207. The molecule has 0 fully saturated rings. The molecule has 1 aliphatic heterocycles. The zero-order valence-electron chi connectivity index (χ0n) is 20.5. The molecule has 3 aromatic carbocycles. The number of amides is 1. The van der Waals surface area contributed by atoms with Crippen LogP contribution in [0.15, 0.2) is 72.8 Å². The van der Waals surface area contributed by atoms with Crippen LogP contribution in [-0.4, -0.2) is 35.3 Å². The van der Waals surface area contributed by atoms with Gasteiger partial charge in [-0.1, -0.05) is 18.2 Å². The van der Waals surface area contributed by atoms with E-state index in [2.05, 4.69) is 10.6 Å². The molecule has 0 saturated heterocycles. The van der Waals surface area contributed by atoms with Gasteiger partial charge in [-0.05, 0) is 60.2 Å². The minimum absolute atomic E-state index is 0.177. The summed E-state index contributed by atoms with van der Waals surface area (Å²) in [5, 5.41) is 16.9. The average molecular weight is 522 g/mol. The summed E-state index contributed by atoms with van der Waals surface area (Å²) >= 11 is 0. The third-order valence-corrected chi connectivity index (χ3v) is 6.54. The number of β-amino-alcohol motifs (C(OH)–C–C–N with tert-alkyl or cyclic N) is 1. The molecule has 5 rings (SSSR count). The molecule has 4 aromatic rings. The average Bonchev–Trinajstić information content (AvgIpc) is 3.23. The summed E-state index contributed by atoms with van der Waals surface area (Å²) in [7, 11) is 1.56. The summed E-state index contributed by atoms with van der Waals surface area (Å²) in [5.74, 6) is 0.276. The van der Waals surface area contributed by atoms with Crippen molar-refractivity contribution in [3.63, 3.8) is 0 Å². The summed E-state index contributed by atoms with van der Waals surface area (Å²) in [5.41, 5.74) is 3.52. The smallest absolute Gasteiger partial charge is 0.416 e. The van der Waals surface area contributed by atoms with E-state index in [0.717, 1.165) is 34.3 Å². The van der Waals surface area contributed by atoms with Gasteiger partial charge in [-0.25, -0.2) is 0 Å². The SMILES string of the molecule is COc1ccc2c(c1)cc(/C=C/C(=O)Nc1cccc3c1CC(O)CN3)n2Cc1cccc(C(F)(F)F)c1. The first-order valence-corrected chi connectivity index (χ1v) is 12.1. The highest BCUT2D eigenvalue weighted by Crippen LogP contribution is 2.32. The van der Waals surface area contributed by atoms with Gasteiger partial charge in [-0.2, -0.15) is 13.2 Å². The molecule has 6 nitrogen and oxygen atoms in total. The highest BCUT2D eigenvalue weighted by Gasteiger charge is 2.30. The molecule has 1 amide bonds. The molecule has 0 radical (unpaired) electrons. The van der Waals surface area contributed by atoms with Crippen LogP contribution < -0.4 is 15.4 Å². The number of nitrogens with one attached hydrogen (secondary N) is 2. The maximum absolute atomic E-state index is 13.3. The molecule has 196 valence electrons. The normalized spacial score (nSPS) is 15.3. The number of aliphatic hydroxyl groups excluding tert-OH is 1. The number of ether oxygens (including phenoxy) is 1. The molecule has 38 heavy (non-hydrogen) atoms. The van der Waals surface area contributed by atoms with E-state index in [1.54, 1.807) is 31.4 Å². The van der Waals surface area contributed by atoms with Gasteiger partial charge in [0.25, 0.3) is 0 Å². The van der Waals surface area contributed by atoms with Crippen molar-refractivity contribution in [2.24, 2.45) is 0 Å². The Bertz CT molecular complexity index is 1520. The number of aliphatic hydroxyl groups is 1. The predicted octanol–water partition coefficient (Wildman–Crippen LogP) is 5.70. The van der Waals surface area contributed by atoms with Crippen LogP contribution in [0.4, 0.5) is 24.5 Å². The van der Waals surface area contributed by atoms with Crippen molar-refractivity contribution < 1.29 is 27.8 Å². The molecule has 9 heteroatoms. The Morgan fingerprint density at radius 2 is 1.97 bits per heavy atom. The number of carbonyl (C=O) groups excluding carboxylic acids is 1. The number of alkyl halides is 3. The Kier molecular flexibility index (Phi) is 6.86. The molecular weight excluding hydrogens is 495 g/mol. The minimum Gasteiger partial charge on any atom is -0.497 e. The van der Waals surface area contributed by atoms with Crippen LogP contribution in [0.2, 0.25) is 0 Å². The van der Waals surface area contributed by atoms with Gasteiger partial charge in [0.15, 0.2) is 0 Å². The molecule has 1 aliphatic rings. The summed E-state index contributed by atoms with van der Waals surface area (Å²) < 4.78 is 47.0. The third-order valence-electron chi connectivity index (χ3n) is 6.54. The molecule has 1 unspecified atom stereocenters. The second kappa shape index (κ2) is 10.3. The van der Waals surface area contributed by atoms with Crippen molar-refractivity contribution in [1.82, 2.24) is 4.57 Å². The Labute approximate surface area is 217 Å². The van der Waals surface area contributed by atoms with E-state index in [9.17, 15) is 23.1 Å². The number of halogens is 3. The number of fused-ring (bicyclic) bond motifs is 2. The lowest BCUT2D eigenvalue weighted by Crippen LogP contribution is -2.28. The van der Waals surface area contributed by atoms with Gasteiger partial charge in [0.2, 0.25) is 5.91 Å². The van der Waals surface area contributed by atoms with Gasteiger partial charge in [0, 0.05) is 59.1 Å². The second-order valence-electron chi connectivity index (χ2n) is 9.17. The number of methoxy groups -OCH3 is 1. The lowest BCUT2D eigenvalue weighted by molar-refractivity contribution is -0.137. The molecule has 0 bridgehead atoms. The van der Waals surface area contributed by atoms with Crippen molar-refractivity contribution in [1.29, 1.82) is 0 Å². The Hall–Kier alpha value is -4.24. The second-order valence-corrected chi connectivity index (χ2v) is 9.17. The first-order valence-electron chi connectivity index (χ1n) is 12.1. The molecule has 0 aliphatic carbocycles. The van der Waals surface area contributed by atoms with Crippen LogP contribution in [0, 0.1) is 0 Å². The monoisotopic (exact) mass is 521 g/mol. The van der Waals surface area contributed by atoms with Crippen molar-refractivity contribution in [2.75, 3.05) is 24.3 Å². The van der Waals surface area contributed by atoms with E-state index in [1.807, 2.05) is 34.9 Å². The van der Waals surface area contributed by atoms with Crippen molar-refractivity contribution in [3.8, 4) is 5.75 Å². The van der Waals surface area contributed by atoms with E-state index >= 15 is 0 Å². The Balaban J connectivity index is 1.45. The zero-order chi connectivity index (χ0) is 26.9. The molecule has 2 heterocycles. The van der Waals surface area contributed by atoms with E-state index in [4.69, 9.17) is 4.74 Å². The maximum Gasteiger partial charge on any atom is 0.416 e. The quantitative estimate of drug-likeness (QED) is 0.285. The summed E-state index contributed by atoms with van der Waals surface area (Å²) in [4.78, 5) is 12.9. The first kappa shape index (κ1) is 25.4. The summed E-state index contributed by atoms with van der Waals surface area (Å²) in [6, 6.07) is 18.0. The Morgan fingerprint density at radius 3 is 2.76 bits per heavy atom. The number of anilines is 2. The van der Waals surface area contributed by atoms with Gasteiger partial charge in [-0.15, -0.1) is 0 Å². The standard InChI is InChI=1S/C29H26F3N3O3/c1-38-23-9-10-27-19(14-23)13-21(35(27)17-18-4-2-5-20(12-18)29(30,31)32)8-11-28(37)34-26-7-3-6-25-24(26)15-22(36)16-33-25/h2-14,22,33,36H,15-17H2,1H3,(H,34,37)/b11-8+. The van der Waals surface area contributed by atoms with Gasteiger partial charge in [0.1, 0.15) is 5.75 Å². The lowest BCUT2D eigenvalue weighted by Gasteiger charge is -2.24. The van der Waals surface area contributed by atoms with Gasteiger partial charge in [-0.3, -0.25) is 4.79 Å². The Morgan fingerprint density at radius 1 is 1.16 bits per heavy atom. The van der Waals surface area contributed by atoms with Crippen LogP contribution in [0.5, 0.6) is 5.75 Å². The predicted molar refractivity (Wildman–Crippen MR) is 141 cm³/mol. The van der Waals surface area contributed by atoms with Crippen LogP contribution in [0.3, 0.4) is 0 Å². The van der Waals surface area contributed by atoms with E-state index in [0.29, 0.717) is 35.7 Å². The number of carbonyl (C=O) groups is 1. The zero-order valence-corrected chi connectivity index (χ0v) is 20.5. The van der Waals surface area contributed by atoms with Gasteiger partial charge in [0.05, 0.1) is 18.8 Å². The molecule has 0 spiro atoms. The van der Waals surface area contributed by atoms with Gasteiger partial charge < -0.3 is 25.0 Å². The third kappa shape index (κ3) is 5.38. The lowest BCUT2D eigenvalue weighted by atomic mass is 9.99. The highest BCUT2D eigenvalue weighted by atomic mass is 19.4. The van der Waals surface area contributed by atoms with Crippen molar-refractivity contribution >= 4 is 34.3 Å². The number of rotatable bonds is 6. The summed E-state index contributed by atoms with van der Waals surface area (Å²) in [6.45, 7) is 0.627. The van der Waals surface area contributed by atoms with Crippen LogP contribution >= 0.6 is 0 Å². The molecule has 1 aromatic heterocycles. The van der Waals surface area contributed by atoms with Crippen molar-refractivity contribution in [3.05, 3.63) is 95.2 Å². The number of aromatic nitrogens is 1. The number of benzene rings is 3. The van der Waals surface area contributed by atoms with Crippen LogP contribution in [0.1, 0.15) is 22.4 Å². The molecule has 0 saturated carbocycles. The van der Waals surface area contributed by atoms with Crippen LogP contribution in [-0.2, 0) is 23.9 Å². The fourth-order valence-corrected chi connectivity index (χ4v) is 4.70. The fourth-order valence-electron chi connectivity index (χ4n) is 4.70. The first-order chi connectivity index (χ1) is 18.2.